The highest BCUT2D eigenvalue weighted by molar-refractivity contribution is 4.77. The fourth-order valence-electron chi connectivity index (χ4n) is 2.98. The van der Waals surface area contributed by atoms with E-state index in [1.165, 1.54) is 58.4 Å². The summed E-state index contributed by atoms with van der Waals surface area (Å²) in [5, 5.41) is 0. The minimum absolute atomic E-state index is 1.03. The van der Waals surface area contributed by atoms with Crippen molar-refractivity contribution < 1.29 is 0 Å². The van der Waals surface area contributed by atoms with Crippen molar-refractivity contribution in [3.8, 4) is 0 Å². The molecule has 1 heterocycles. The van der Waals surface area contributed by atoms with Crippen LogP contribution in [0.3, 0.4) is 0 Å². The fraction of sp³-hybridized carbons (Fsp3) is 1.00. The Morgan fingerprint density at radius 2 is 1.73 bits per heavy atom. The van der Waals surface area contributed by atoms with Gasteiger partial charge in [-0.05, 0) is 51.1 Å². The number of piperazine rings is 1. The van der Waals surface area contributed by atoms with Gasteiger partial charge in [-0.15, -0.1) is 0 Å². The molecule has 2 rings (SSSR count). The first-order chi connectivity index (χ1) is 7.24. The molecule has 2 nitrogen and oxygen atoms in total. The minimum atomic E-state index is 1.03. The maximum absolute atomic E-state index is 2.64. The molecule has 2 aliphatic rings. The lowest BCUT2D eigenvalue weighted by Crippen LogP contribution is -2.44. The van der Waals surface area contributed by atoms with Crippen molar-refractivity contribution in [1.82, 2.24) is 9.80 Å². The van der Waals surface area contributed by atoms with Gasteiger partial charge in [0.1, 0.15) is 0 Å². The Hall–Kier alpha value is -0.0800. The maximum Gasteiger partial charge on any atom is 0.0110 e. The summed E-state index contributed by atoms with van der Waals surface area (Å²) in [7, 11) is 2.23. The number of rotatable bonds is 4. The lowest BCUT2D eigenvalue weighted by Gasteiger charge is -2.35. The van der Waals surface area contributed by atoms with Crippen LogP contribution >= 0.6 is 0 Å². The second kappa shape index (κ2) is 5.31. The second-order valence-electron chi connectivity index (χ2n) is 5.73. The van der Waals surface area contributed by atoms with E-state index in [0.717, 1.165) is 11.8 Å². The third kappa shape index (κ3) is 3.46. The SMILES string of the molecule is CC1CC(CCCN2CCN(C)CC2)C1. The van der Waals surface area contributed by atoms with Crippen LogP contribution in [0.25, 0.3) is 0 Å². The van der Waals surface area contributed by atoms with E-state index in [1.54, 1.807) is 0 Å². The highest BCUT2D eigenvalue weighted by atomic mass is 15.2. The van der Waals surface area contributed by atoms with Gasteiger partial charge in [-0.25, -0.2) is 0 Å². The van der Waals surface area contributed by atoms with Crippen LogP contribution < -0.4 is 0 Å². The van der Waals surface area contributed by atoms with Crippen molar-refractivity contribution in [2.45, 2.75) is 32.6 Å². The largest absolute Gasteiger partial charge is 0.304 e. The fourth-order valence-corrected chi connectivity index (χ4v) is 2.98. The van der Waals surface area contributed by atoms with Crippen LogP contribution in [0.15, 0.2) is 0 Å². The quantitative estimate of drug-likeness (QED) is 0.701. The number of hydrogen-bond acceptors (Lipinski definition) is 2. The summed E-state index contributed by atoms with van der Waals surface area (Å²) in [6.07, 6.45) is 5.92. The molecular weight excluding hydrogens is 184 g/mol. The van der Waals surface area contributed by atoms with Crippen molar-refractivity contribution in [3.05, 3.63) is 0 Å². The second-order valence-corrected chi connectivity index (χ2v) is 5.73. The van der Waals surface area contributed by atoms with Gasteiger partial charge in [-0.2, -0.15) is 0 Å². The van der Waals surface area contributed by atoms with Gasteiger partial charge >= 0.3 is 0 Å². The van der Waals surface area contributed by atoms with Crippen molar-refractivity contribution in [2.24, 2.45) is 11.8 Å². The molecule has 1 aliphatic carbocycles. The van der Waals surface area contributed by atoms with Crippen molar-refractivity contribution >= 4 is 0 Å². The Morgan fingerprint density at radius 3 is 2.33 bits per heavy atom. The van der Waals surface area contributed by atoms with Crippen LogP contribution in [-0.2, 0) is 0 Å². The molecule has 1 saturated heterocycles. The van der Waals surface area contributed by atoms with Crippen LogP contribution in [0.1, 0.15) is 32.6 Å². The standard InChI is InChI=1S/C13H26N2/c1-12-10-13(11-12)4-3-5-15-8-6-14(2)7-9-15/h12-13H,3-11H2,1-2H3. The molecule has 15 heavy (non-hydrogen) atoms. The molecule has 2 heteroatoms. The van der Waals surface area contributed by atoms with E-state index in [1.807, 2.05) is 0 Å². The topological polar surface area (TPSA) is 6.48 Å². The first-order valence-electron chi connectivity index (χ1n) is 6.65. The van der Waals surface area contributed by atoms with Crippen LogP contribution in [0, 0.1) is 11.8 Å². The van der Waals surface area contributed by atoms with Crippen LogP contribution in [-0.4, -0.2) is 49.6 Å². The zero-order chi connectivity index (χ0) is 10.7. The summed E-state index contributed by atoms with van der Waals surface area (Å²) in [6, 6.07) is 0. The molecule has 2 fully saturated rings. The molecule has 0 radical (unpaired) electrons. The molecule has 0 atom stereocenters. The van der Waals surface area contributed by atoms with Gasteiger partial charge in [0, 0.05) is 26.2 Å². The zero-order valence-corrected chi connectivity index (χ0v) is 10.4. The Morgan fingerprint density at radius 1 is 1.07 bits per heavy atom. The molecular formula is C13H26N2. The third-order valence-electron chi connectivity index (χ3n) is 4.15. The summed E-state index contributed by atoms with van der Waals surface area (Å²) in [5.74, 6) is 2.10. The third-order valence-corrected chi connectivity index (χ3v) is 4.15. The molecule has 0 aromatic heterocycles. The van der Waals surface area contributed by atoms with Crippen molar-refractivity contribution in [3.63, 3.8) is 0 Å². The van der Waals surface area contributed by atoms with E-state index < -0.39 is 0 Å². The highest BCUT2D eigenvalue weighted by Gasteiger charge is 2.24. The lowest BCUT2D eigenvalue weighted by molar-refractivity contribution is 0.140. The predicted octanol–water partition coefficient (Wildman–Crippen LogP) is 2.06. The minimum Gasteiger partial charge on any atom is -0.304 e. The van der Waals surface area contributed by atoms with Gasteiger partial charge in [0.05, 0.1) is 0 Å². The molecule has 0 bridgehead atoms. The van der Waals surface area contributed by atoms with E-state index in [0.29, 0.717) is 0 Å². The molecule has 1 aliphatic heterocycles. The maximum atomic E-state index is 2.64. The Kier molecular flexibility index (Phi) is 4.04. The van der Waals surface area contributed by atoms with E-state index in [-0.39, 0.29) is 0 Å². The summed E-state index contributed by atoms with van der Waals surface area (Å²) in [4.78, 5) is 5.08. The monoisotopic (exact) mass is 210 g/mol. The number of hydrogen-bond donors (Lipinski definition) is 0. The van der Waals surface area contributed by atoms with Gasteiger partial charge in [0.2, 0.25) is 0 Å². The van der Waals surface area contributed by atoms with Gasteiger partial charge in [-0.1, -0.05) is 6.92 Å². The molecule has 0 unspecified atom stereocenters. The van der Waals surface area contributed by atoms with E-state index in [9.17, 15) is 0 Å². The Balaban J connectivity index is 1.51. The Labute approximate surface area is 94.6 Å². The number of nitrogens with zero attached hydrogens (tertiary/aromatic N) is 2. The smallest absolute Gasteiger partial charge is 0.0110 e. The first-order valence-corrected chi connectivity index (χ1v) is 6.65. The average Bonchev–Trinajstić information content (AvgIpc) is 2.18. The molecule has 0 spiro atoms. The van der Waals surface area contributed by atoms with Crippen LogP contribution in [0.4, 0.5) is 0 Å². The average molecular weight is 210 g/mol. The first kappa shape index (κ1) is 11.4. The molecule has 0 amide bonds. The van der Waals surface area contributed by atoms with Gasteiger partial charge in [0.15, 0.2) is 0 Å². The molecule has 88 valence electrons. The number of likely N-dealkylation sites (N-methyl/N-ethyl adjacent to an activating group) is 1. The highest BCUT2D eigenvalue weighted by Crippen LogP contribution is 2.36. The van der Waals surface area contributed by atoms with Gasteiger partial charge in [0.25, 0.3) is 0 Å². The van der Waals surface area contributed by atoms with E-state index in [4.69, 9.17) is 0 Å². The molecule has 0 aromatic rings. The molecule has 1 saturated carbocycles. The van der Waals surface area contributed by atoms with Crippen LogP contribution in [0.2, 0.25) is 0 Å². The summed E-state index contributed by atoms with van der Waals surface area (Å²) < 4.78 is 0. The lowest BCUT2D eigenvalue weighted by atomic mass is 9.74. The van der Waals surface area contributed by atoms with Gasteiger partial charge in [-0.3, -0.25) is 0 Å². The molecule has 0 aromatic carbocycles. The normalized spacial score (nSPS) is 34.0. The summed E-state index contributed by atoms with van der Waals surface area (Å²) in [5.41, 5.74) is 0. The predicted molar refractivity (Wildman–Crippen MR) is 65.1 cm³/mol. The molecule has 0 N–H and O–H groups in total. The van der Waals surface area contributed by atoms with Gasteiger partial charge < -0.3 is 9.80 Å². The zero-order valence-electron chi connectivity index (χ0n) is 10.4. The summed E-state index contributed by atoms with van der Waals surface area (Å²) >= 11 is 0. The van der Waals surface area contributed by atoms with E-state index >= 15 is 0 Å². The van der Waals surface area contributed by atoms with Crippen molar-refractivity contribution in [2.75, 3.05) is 39.8 Å². The van der Waals surface area contributed by atoms with Crippen molar-refractivity contribution in [1.29, 1.82) is 0 Å². The van der Waals surface area contributed by atoms with E-state index in [2.05, 4.69) is 23.8 Å². The summed E-state index contributed by atoms with van der Waals surface area (Å²) in [6.45, 7) is 8.84. The van der Waals surface area contributed by atoms with Crippen LogP contribution in [0.5, 0.6) is 0 Å². The Bertz CT molecular complexity index is 179.